The highest BCUT2D eigenvalue weighted by atomic mass is 14.9. The van der Waals surface area contributed by atoms with Crippen molar-refractivity contribution in [3.8, 4) is 6.07 Å². The summed E-state index contributed by atoms with van der Waals surface area (Å²) < 4.78 is 0. The molecule has 0 saturated heterocycles. The second kappa shape index (κ2) is 6.61. The standard InChI is InChI=1S/C17H24N2/c1-3-13(2)15-6-10-17(11-7-15)19-16-8-4-14(12-18)5-9-16/h6-7,10-11,13-14,16,19H,3-5,8-9H2,1-2H3. The fourth-order valence-corrected chi connectivity index (χ4v) is 2.75. The van der Waals surface area contributed by atoms with Crippen molar-refractivity contribution in [3.63, 3.8) is 0 Å². The first-order valence-electron chi connectivity index (χ1n) is 7.49. The van der Waals surface area contributed by atoms with Gasteiger partial charge in [0, 0.05) is 17.6 Å². The maximum absolute atomic E-state index is 8.90. The third-order valence-electron chi connectivity index (χ3n) is 4.37. The Kier molecular flexibility index (Phi) is 4.85. The molecule has 1 aromatic carbocycles. The van der Waals surface area contributed by atoms with E-state index in [-0.39, 0.29) is 5.92 Å². The van der Waals surface area contributed by atoms with E-state index in [0.717, 1.165) is 25.7 Å². The number of nitriles is 1. The highest BCUT2D eigenvalue weighted by Crippen LogP contribution is 2.27. The van der Waals surface area contributed by atoms with E-state index >= 15 is 0 Å². The molecule has 2 nitrogen and oxygen atoms in total. The molecule has 0 radical (unpaired) electrons. The van der Waals surface area contributed by atoms with Crippen molar-refractivity contribution >= 4 is 5.69 Å². The van der Waals surface area contributed by atoms with Crippen molar-refractivity contribution in [2.75, 3.05) is 5.32 Å². The normalized spacial score (nSPS) is 24.5. The summed E-state index contributed by atoms with van der Waals surface area (Å²) in [6, 6.07) is 11.8. The molecule has 0 aliphatic heterocycles. The predicted octanol–water partition coefficient (Wildman–Crippen LogP) is 4.69. The van der Waals surface area contributed by atoms with Gasteiger partial charge in [0.2, 0.25) is 0 Å². The topological polar surface area (TPSA) is 35.8 Å². The van der Waals surface area contributed by atoms with E-state index in [9.17, 15) is 0 Å². The first-order valence-corrected chi connectivity index (χ1v) is 7.49. The highest BCUT2D eigenvalue weighted by molar-refractivity contribution is 5.46. The van der Waals surface area contributed by atoms with Crippen LogP contribution in [0.1, 0.15) is 57.4 Å². The molecule has 1 saturated carbocycles. The molecule has 1 unspecified atom stereocenters. The van der Waals surface area contributed by atoms with E-state index in [1.54, 1.807) is 0 Å². The largest absolute Gasteiger partial charge is 0.382 e. The minimum atomic E-state index is 0.283. The molecule has 1 fully saturated rings. The van der Waals surface area contributed by atoms with Crippen LogP contribution in [0.25, 0.3) is 0 Å². The molecule has 1 N–H and O–H groups in total. The van der Waals surface area contributed by atoms with Crippen LogP contribution in [0.4, 0.5) is 5.69 Å². The molecule has 0 spiro atoms. The molecule has 1 atom stereocenters. The van der Waals surface area contributed by atoms with Gasteiger partial charge in [-0.3, -0.25) is 0 Å². The second-order valence-corrected chi connectivity index (χ2v) is 5.75. The number of nitrogens with zero attached hydrogens (tertiary/aromatic N) is 1. The Labute approximate surface area is 116 Å². The zero-order valence-electron chi connectivity index (χ0n) is 12.0. The van der Waals surface area contributed by atoms with Crippen LogP contribution in [0.3, 0.4) is 0 Å². The molecule has 1 aliphatic rings. The first-order chi connectivity index (χ1) is 9.22. The lowest BCUT2D eigenvalue weighted by molar-refractivity contribution is 0.397. The van der Waals surface area contributed by atoms with Crippen molar-refractivity contribution in [2.45, 2.75) is 57.9 Å². The maximum Gasteiger partial charge on any atom is 0.0655 e. The summed E-state index contributed by atoms with van der Waals surface area (Å²) in [7, 11) is 0. The zero-order valence-corrected chi connectivity index (χ0v) is 12.0. The van der Waals surface area contributed by atoms with Gasteiger partial charge in [0.15, 0.2) is 0 Å². The van der Waals surface area contributed by atoms with E-state index < -0.39 is 0 Å². The molecular weight excluding hydrogens is 232 g/mol. The Hall–Kier alpha value is -1.49. The summed E-state index contributed by atoms with van der Waals surface area (Å²) in [5.41, 5.74) is 2.63. The Morgan fingerprint density at radius 2 is 1.84 bits per heavy atom. The molecule has 1 aliphatic carbocycles. The van der Waals surface area contributed by atoms with Gasteiger partial charge in [0.25, 0.3) is 0 Å². The summed E-state index contributed by atoms with van der Waals surface area (Å²) in [6.45, 7) is 4.50. The van der Waals surface area contributed by atoms with Gasteiger partial charge in [-0.25, -0.2) is 0 Å². The number of rotatable bonds is 4. The fraction of sp³-hybridized carbons (Fsp3) is 0.588. The lowest BCUT2D eigenvalue weighted by atomic mass is 9.87. The number of hydrogen-bond acceptors (Lipinski definition) is 2. The Morgan fingerprint density at radius 3 is 2.37 bits per heavy atom. The van der Waals surface area contributed by atoms with E-state index in [0.29, 0.717) is 12.0 Å². The van der Waals surface area contributed by atoms with Crippen molar-refractivity contribution in [1.82, 2.24) is 0 Å². The maximum atomic E-state index is 8.90. The van der Waals surface area contributed by atoms with Gasteiger partial charge in [0.05, 0.1) is 6.07 Å². The zero-order chi connectivity index (χ0) is 13.7. The SMILES string of the molecule is CCC(C)c1ccc(NC2CCC(C#N)CC2)cc1. The highest BCUT2D eigenvalue weighted by Gasteiger charge is 2.20. The van der Waals surface area contributed by atoms with Gasteiger partial charge in [-0.05, 0) is 55.7 Å². The quantitative estimate of drug-likeness (QED) is 0.848. The average Bonchev–Trinajstić information content (AvgIpc) is 2.48. The summed E-state index contributed by atoms with van der Waals surface area (Å²) in [5.74, 6) is 0.922. The third-order valence-corrected chi connectivity index (χ3v) is 4.37. The fourth-order valence-electron chi connectivity index (χ4n) is 2.75. The van der Waals surface area contributed by atoms with Crippen LogP contribution in [-0.2, 0) is 0 Å². The Morgan fingerprint density at radius 1 is 1.21 bits per heavy atom. The molecule has 19 heavy (non-hydrogen) atoms. The molecular formula is C17H24N2. The van der Waals surface area contributed by atoms with Crippen LogP contribution in [0.15, 0.2) is 24.3 Å². The van der Waals surface area contributed by atoms with Crippen LogP contribution in [0, 0.1) is 17.2 Å². The van der Waals surface area contributed by atoms with Crippen molar-refractivity contribution in [3.05, 3.63) is 29.8 Å². The average molecular weight is 256 g/mol. The molecule has 0 amide bonds. The lowest BCUT2D eigenvalue weighted by Crippen LogP contribution is -2.25. The van der Waals surface area contributed by atoms with Gasteiger partial charge in [-0.1, -0.05) is 26.0 Å². The minimum Gasteiger partial charge on any atom is -0.382 e. The summed E-state index contributed by atoms with van der Waals surface area (Å²) in [4.78, 5) is 0. The van der Waals surface area contributed by atoms with Crippen LogP contribution < -0.4 is 5.32 Å². The van der Waals surface area contributed by atoms with Gasteiger partial charge in [-0.2, -0.15) is 5.26 Å². The minimum absolute atomic E-state index is 0.283. The van der Waals surface area contributed by atoms with Crippen LogP contribution in [0.5, 0.6) is 0 Å². The number of hydrogen-bond donors (Lipinski definition) is 1. The number of anilines is 1. The van der Waals surface area contributed by atoms with E-state index in [1.165, 1.54) is 17.7 Å². The van der Waals surface area contributed by atoms with Crippen molar-refractivity contribution in [1.29, 1.82) is 5.26 Å². The molecule has 1 aromatic rings. The Balaban J connectivity index is 1.88. The van der Waals surface area contributed by atoms with E-state index in [4.69, 9.17) is 5.26 Å². The predicted molar refractivity (Wildman–Crippen MR) is 80.1 cm³/mol. The summed E-state index contributed by atoms with van der Waals surface area (Å²) >= 11 is 0. The number of benzene rings is 1. The molecule has 0 bridgehead atoms. The lowest BCUT2D eigenvalue weighted by Gasteiger charge is -2.26. The molecule has 2 rings (SSSR count). The molecule has 102 valence electrons. The molecule has 0 heterocycles. The smallest absolute Gasteiger partial charge is 0.0655 e. The van der Waals surface area contributed by atoms with Gasteiger partial charge in [0.1, 0.15) is 0 Å². The molecule has 2 heteroatoms. The van der Waals surface area contributed by atoms with Gasteiger partial charge in [-0.15, -0.1) is 0 Å². The van der Waals surface area contributed by atoms with Crippen LogP contribution in [0.2, 0.25) is 0 Å². The van der Waals surface area contributed by atoms with Crippen LogP contribution >= 0.6 is 0 Å². The molecule has 0 aromatic heterocycles. The van der Waals surface area contributed by atoms with Crippen molar-refractivity contribution in [2.24, 2.45) is 5.92 Å². The Bertz CT molecular complexity index is 422. The number of nitrogens with one attached hydrogen (secondary N) is 1. The monoisotopic (exact) mass is 256 g/mol. The van der Waals surface area contributed by atoms with Gasteiger partial charge < -0.3 is 5.32 Å². The van der Waals surface area contributed by atoms with E-state index in [1.807, 2.05) is 0 Å². The first kappa shape index (κ1) is 13.9. The van der Waals surface area contributed by atoms with Crippen molar-refractivity contribution < 1.29 is 0 Å². The summed E-state index contributed by atoms with van der Waals surface area (Å²) in [6.07, 6.45) is 5.50. The third kappa shape index (κ3) is 3.73. The second-order valence-electron chi connectivity index (χ2n) is 5.75. The van der Waals surface area contributed by atoms with Gasteiger partial charge >= 0.3 is 0 Å². The van der Waals surface area contributed by atoms with Crippen LogP contribution in [-0.4, -0.2) is 6.04 Å². The summed E-state index contributed by atoms with van der Waals surface area (Å²) in [5, 5.41) is 12.5. The van der Waals surface area contributed by atoms with E-state index in [2.05, 4.69) is 49.5 Å².